The molecule has 3 aliphatic carbocycles. The van der Waals surface area contributed by atoms with Crippen molar-refractivity contribution < 1.29 is 19.8 Å². The summed E-state index contributed by atoms with van der Waals surface area (Å²) in [6, 6.07) is 5.05. The Bertz CT molecular complexity index is 997. The first-order valence-corrected chi connectivity index (χ1v) is 10.7. The Morgan fingerprint density at radius 2 is 2.00 bits per heavy atom. The molecule has 8 heteroatoms. The van der Waals surface area contributed by atoms with Crippen LogP contribution in [0, 0.1) is 0 Å². The number of phenolic OH excluding ortho intramolecular Hbond substituents is 1. The van der Waals surface area contributed by atoms with Crippen molar-refractivity contribution >= 4 is 11.9 Å². The van der Waals surface area contributed by atoms with Gasteiger partial charge in [-0.1, -0.05) is 6.07 Å². The molecule has 4 unspecified atom stereocenters. The van der Waals surface area contributed by atoms with E-state index >= 15 is 0 Å². The van der Waals surface area contributed by atoms with Crippen molar-refractivity contribution in [1.82, 2.24) is 20.4 Å². The number of imide groups is 1. The summed E-state index contributed by atoms with van der Waals surface area (Å²) in [5.41, 5.74) is -0.646. The van der Waals surface area contributed by atoms with Gasteiger partial charge in [0, 0.05) is 30.5 Å². The van der Waals surface area contributed by atoms with Crippen LogP contribution in [0.25, 0.3) is 0 Å². The number of fused-ring (bicyclic) bond motifs is 2. The van der Waals surface area contributed by atoms with Gasteiger partial charge >= 0.3 is 6.03 Å². The average Bonchev–Trinajstić information content (AvgIpc) is 3.15. The number of carbonyl (C=O) groups excluding carboxylic acids is 2. The topological polar surface area (TPSA) is 105 Å². The first kappa shape index (κ1) is 18.6. The molecular weight excluding hydrogens is 384 g/mol. The third-order valence-corrected chi connectivity index (χ3v) is 8.71. The van der Waals surface area contributed by atoms with Gasteiger partial charge in [-0.3, -0.25) is 15.0 Å². The third kappa shape index (κ3) is 1.89. The van der Waals surface area contributed by atoms with Crippen molar-refractivity contribution in [2.24, 2.45) is 0 Å². The molecule has 160 valence electrons. The lowest BCUT2D eigenvalue weighted by molar-refractivity contribution is -0.159. The molecular formula is C22H28N4O4. The zero-order valence-electron chi connectivity index (χ0n) is 17.4. The van der Waals surface area contributed by atoms with E-state index in [0.717, 1.165) is 31.6 Å². The molecule has 2 bridgehead atoms. The number of hydrogen-bond acceptors (Lipinski definition) is 6. The van der Waals surface area contributed by atoms with Crippen LogP contribution >= 0.6 is 0 Å². The molecule has 3 amide bonds. The summed E-state index contributed by atoms with van der Waals surface area (Å²) in [5.74, 6) is -0.121. The number of aliphatic hydroxyl groups is 1. The van der Waals surface area contributed by atoms with Crippen LogP contribution in [0.3, 0.4) is 0 Å². The summed E-state index contributed by atoms with van der Waals surface area (Å²) < 4.78 is 0. The van der Waals surface area contributed by atoms with Crippen LogP contribution < -0.4 is 10.6 Å². The molecule has 30 heavy (non-hydrogen) atoms. The van der Waals surface area contributed by atoms with Gasteiger partial charge in [-0.05, 0) is 63.0 Å². The van der Waals surface area contributed by atoms with E-state index in [4.69, 9.17) is 0 Å². The number of nitrogens with zero attached hydrogens (tertiary/aromatic N) is 2. The van der Waals surface area contributed by atoms with Gasteiger partial charge in [0.05, 0.1) is 11.6 Å². The predicted molar refractivity (Wildman–Crippen MR) is 108 cm³/mol. The number of amides is 3. The lowest BCUT2D eigenvalue weighted by Gasteiger charge is -2.63. The Labute approximate surface area is 175 Å². The molecule has 4 N–H and O–H groups in total. The smallest absolute Gasteiger partial charge is 0.322 e. The molecule has 3 spiro atoms. The number of likely N-dealkylation sites (N-methyl/N-ethyl adjacent to an activating group) is 1. The predicted octanol–water partition coefficient (Wildman–Crippen LogP) is 0.0241. The molecule has 1 aromatic carbocycles. The number of phenols is 1. The van der Waals surface area contributed by atoms with Gasteiger partial charge in [0.2, 0.25) is 0 Å². The molecule has 1 aromatic rings. The zero-order chi connectivity index (χ0) is 21.1. The first-order chi connectivity index (χ1) is 14.2. The number of nitrogens with one attached hydrogen (secondary N) is 2. The number of likely N-dealkylation sites (tertiary alicyclic amines) is 1. The van der Waals surface area contributed by atoms with E-state index in [9.17, 15) is 19.8 Å². The Hall–Kier alpha value is -2.16. The largest absolute Gasteiger partial charge is 0.508 e. The summed E-state index contributed by atoms with van der Waals surface area (Å²) in [4.78, 5) is 29.3. The molecule has 5 aliphatic rings. The second kappa shape index (κ2) is 5.36. The van der Waals surface area contributed by atoms with E-state index in [1.54, 1.807) is 12.1 Å². The summed E-state index contributed by atoms with van der Waals surface area (Å²) in [5, 5.41) is 27.8. The van der Waals surface area contributed by atoms with E-state index in [-0.39, 0.29) is 23.1 Å². The molecule has 8 nitrogen and oxygen atoms in total. The van der Waals surface area contributed by atoms with E-state index in [2.05, 4.69) is 34.5 Å². The SMILES string of the molecule is CN(C)CCN1CC23CC4(C[C@]5(CCC4(O)C12)NC(=O)NC5=O)c1cc(O)ccc13. The van der Waals surface area contributed by atoms with E-state index in [1.165, 1.54) is 5.56 Å². The number of rotatable bonds is 3. The van der Waals surface area contributed by atoms with Crippen molar-refractivity contribution in [2.75, 3.05) is 33.7 Å². The molecule has 0 aromatic heterocycles. The van der Waals surface area contributed by atoms with Crippen LogP contribution in [0.15, 0.2) is 18.2 Å². The number of carbonyl (C=O) groups is 2. The third-order valence-electron chi connectivity index (χ3n) is 8.71. The highest BCUT2D eigenvalue weighted by molar-refractivity contribution is 6.07. The Kier molecular flexibility index (Phi) is 3.32. The van der Waals surface area contributed by atoms with Crippen LogP contribution in [0.5, 0.6) is 5.75 Å². The zero-order valence-corrected chi connectivity index (χ0v) is 17.4. The van der Waals surface area contributed by atoms with Gasteiger partial charge in [0.1, 0.15) is 11.3 Å². The molecule has 2 saturated heterocycles. The lowest BCUT2D eigenvalue weighted by atomic mass is 9.52. The van der Waals surface area contributed by atoms with Gasteiger partial charge in [0.15, 0.2) is 0 Å². The van der Waals surface area contributed by atoms with E-state index in [1.807, 2.05) is 6.07 Å². The summed E-state index contributed by atoms with van der Waals surface area (Å²) in [6.45, 7) is 2.67. The quantitative estimate of drug-likeness (QED) is 0.522. The van der Waals surface area contributed by atoms with E-state index in [0.29, 0.717) is 19.3 Å². The van der Waals surface area contributed by atoms with Crippen LogP contribution in [0.2, 0.25) is 0 Å². The Morgan fingerprint density at radius 3 is 2.70 bits per heavy atom. The highest BCUT2D eigenvalue weighted by atomic mass is 16.3. The van der Waals surface area contributed by atoms with Crippen molar-refractivity contribution in [3.63, 3.8) is 0 Å². The fraction of sp³-hybridized carbons (Fsp3) is 0.636. The van der Waals surface area contributed by atoms with Crippen molar-refractivity contribution in [2.45, 2.75) is 53.7 Å². The van der Waals surface area contributed by atoms with Gasteiger partial charge in [-0.25, -0.2) is 4.79 Å². The van der Waals surface area contributed by atoms with Gasteiger partial charge in [-0.15, -0.1) is 0 Å². The maximum Gasteiger partial charge on any atom is 0.322 e. The Balaban J connectivity index is 1.48. The van der Waals surface area contributed by atoms with Crippen molar-refractivity contribution in [3.8, 4) is 5.75 Å². The number of hydrogen-bond donors (Lipinski definition) is 4. The average molecular weight is 412 g/mol. The summed E-state index contributed by atoms with van der Waals surface area (Å²) in [7, 11) is 4.10. The van der Waals surface area contributed by atoms with Gasteiger partial charge in [-0.2, -0.15) is 0 Å². The molecule has 4 fully saturated rings. The molecule has 2 heterocycles. The van der Waals surface area contributed by atoms with Crippen molar-refractivity contribution in [1.29, 1.82) is 0 Å². The van der Waals surface area contributed by atoms with Crippen LogP contribution in [0.4, 0.5) is 4.79 Å². The highest BCUT2D eigenvalue weighted by Gasteiger charge is 2.82. The summed E-state index contributed by atoms with van der Waals surface area (Å²) in [6.07, 6.45) is 1.99. The van der Waals surface area contributed by atoms with Crippen LogP contribution in [0.1, 0.15) is 36.8 Å². The minimum atomic E-state index is -0.990. The monoisotopic (exact) mass is 412 g/mol. The number of benzene rings is 1. The van der Waals surface area contributed by atoms with Crippen LogP contribution in [-0.4, -0.2) is 82.9 Å². The fourth-order valence-electron chi connectivity index (χ4n) is 7.72. The maximum absolute atomic E-state index is 12.8. The molecule has 5 atom stereocenters. The minimum absolute atomic E-state index is 0.000455. The van der Waals surface area contributed by atoms with Crippen LogP contribution in [-0.2, 0) is 15.6 Å². The van der Waals surface area contributed by atoms with Crippen molar-refractivity contribution in [3.05, 3.63) is 29.3 Å². The second-order valence-corrected chi connectivity index (χ2v) is 10.4. The van der Waals surface area contributed by atoms with E-state index < -0.39 is 22.6 Å². The second-order valence-electron chi connectivity index (χ2n) is 10.4. The lowest BCUT2D eigenvalue weighted by Crippen LogP contribution is -2.76. The molecule has 0 radical (unpaired) electrons. The molecule has 2 aliphatic heterocycles. The minimum Gasteiger partial charge on any atom is -0.508 e. The number of urea groups is 1. The fourth-order valence-corrected chi connectivity index (χ4v) is 7.72. The first-order valence-electron chi connectivity index (χ1n) is 10.7. The molecule has 2 saturated carbocycles. The highest BCUT2D eigenvalue weighted by Crippen LogP contribution is 2.74. The number of aromatic hydroxyl groups is 1. The maximum atomic E-state index is 12.8. The van der Waals surface area contributed by atoms with Gasteiger partial charge in [0.25, 0.3) is 5.91 Å². The normalized spacial score (nSPS) is 43.3. The molecule has 6 rings (SSSR count). The Morgan fingerprint density at radius 1 is 1.20 bits per heavy atom. The standard InChI is InChI=1S/C22H28N4O4/c1-25(2)7-8-26-12-19-10-20(15-9-13(27)3-4-14(15)19)11-21(17(28)23-18(29)24-21)5-6-22(20,30)16(19)26/h3-4,9,16,27,30H,5-8,10-12H2,1-2H3,(H2,23,24,28,29)/t16?,19?,20?,21-,22?/m0/s1. The van der Waals surface area contributed by atoms with Gasteiger partial charge < -0.3 is 20.4 Å². The summed E-state index contributed by atoms with van der Waals surface area (Å²) >= 11 is 0.